The van der Waals surface area contributed by atoms with E-state index in [0.29, 0.717) is 6.54 Å². The number of alkyl carbamates (subject to hydrolysis) is 1. The molecule has 1 aromatic heterocycles. The number of amides is 2. The van der Waals surface area contributed by atoms with Crippen molar-refractivity contribution in [1.82, 2.24) is 20.2 Å². The number of aromatic nitrogens is 2. The maximum absolute atomic E-state index is 13.6. The molecule has 4 heterocycles. The molecule has 0 saturated carbocycles. The monoisotopic (exact) mass is 668 g/mol. The normalized spacial score (nSPS) is 24.5. The van der Waals surface area contributed by atoms with E-state index in [0.717, 1.165) is 67.9 Å². The van der Waals surface area contributed by atoms with Crippen molar-refractivity contribution in [2.75, 3.05) is 26.9 Å². The Hall–Kier alpha value is -3.67. The smallest absolute Gasteiger partial charge is 0.453 e. The van der Waals surface area contributed by atoms with Crippen LogP contribution < -0.4 is 10.8 Å². The Morgan fingerprint density at radius 2 is 1.76 bits per heavy atom. The van der Waals surface area contributed by atoms with E-state index in [9.17, 15) is 9.59 Å². The van der Waals surface area contributed by atoms with Crippen molar-refractivity contribution < 1.29 is 28.4 Å². The fraction of sp³-hybridized carbons (Fsp3) is 0.553. The van der Waals surface area contributed by atoms with Crippen LogP contribution in [0, 0.1) is 5.92 Å². The van der Waals surface area contributed by atoms with E-state index >= 15 is 0 Å². The van der Waals surface area contributed by atoms with Crippen molar-refractivity contribution in [1.29, 1.82) is 0 Å². The number of ether oxygens (including phenoxy) is 2. The number of benzene rings is 2. The van der Waals surface area contributed by atoms with Crippen LogP contribution in [0.25, 0.3) is 22.4 Å². The molecule has 2 aromatic carbocycles. The average Bonchev–Trinajstić information content (AvgIpc) is 3.91. The number of aromatic amines is 1. The number of fused-ring (bicyclic) bond motifs is 2. The standard InChI is InChI=1S/C38H49BN4O6/c1-23(2)32(42-35(45)46-7)34(44)43-19-8-9-30(43)33-40-21-29(41-33)25-12-10-24(11-13-25)26-14-15-28(39-48-36(3,4)37(5,6)49-39)27-16-17-38(31(26)27)18-20-47-22-38/h10-15,21,23,30,32H,8-9,16-20,22H2,1-7H3,(H,40,41)(H,42,45)/t30-,32-,38?/m0/s1. The van der Waals surface area contributed by atoms with Crippen LogP contribution in [0.2, 0.25) is 0 Å². The summed E-state index contributed by atoms with van der Waals surface area (Å²) in [5, 5.41) is 2.72. The highest BCUT2D eigenvalue weighted by Gasteiger charge is 2.54. The van der Waals surface area contributed by atoms with E-state index in [4.69, 9.17) is 23.8 Å². The molecule has 0 radical (unpaired) electrons. The van der Waals surface area contributed by atoms with Gasteiger partial charge in [0.15, 0.2) is 0 Å². The summed E-state index contributed by atoms with van der Waals surface area (Å²) in [7, 11) is 0.910. The number of likely N-dealkylation sites (tertiary alicyclic amines) is 1. The van der Waals surface area contributed by atoms with Gasteiger partial charge >= 0.3 is 13.2 Å². The van der Waals surface area contributed by atoms with Gasteiger partial charge in [0.2, 0.25) is 5.91 Å². The SMILES string of the molecule is COC(=O)N[C@H](C(=O)N1CCC[C@H]1c1ncc(-c2ccc(-c3ccc(B4OC(C)(C)C(C)(C)O4)c4c3C3(CCOC3)CC4)cc2)[nH]1)C(C)C. The third-order valence-corrected chi connectivity index (χ3v) is 11.7. The largest absolute Gasteiger partial charge is 0.495 e. The molecule has 3 aromatic rings. The summed E-state index contributed by atoms with van der Waals surface area (Å²) in [5.41, 5.74) is 7.42. The molecule has 260 valence electrons. The maximum Gasteiger partial charge on any atom is 0.495 e. The summed E-state index contributed by atoms with van der Waals surface area (Å²) in [6, 6.07) is 12.3. The molecule has 3 saturated heterocycles. The zero-order valence-corrected chi connectivity index (χ0v) is 29.9. The molecular formula is C38H49BN4O6. The van der Waals surface area contributed by atoms with Gasteiger partial charge < -0.3 is 34.0 Å². The van der Waals surface area contributed by atoms with Gasteiger partial charge in [-0.3, -0.25) is 4.79 Å². The van der Waals surface area contributed by atoms with Gasteiger partial charge in [-0.15, -0.1) is 0 Å². The van der Waals surface area contributed by atoms with Crippen LogP contribution >= 0.6 is 0 Å². The van der Waals surface area contributed by atoms with Gasteiger partial charge in [0.1, 0.15) is 11.9 Å². The Morgan fingerprint density at radius 3 is 2.41 bits per heavy atom. The lowest BCUT2D eigenvalue weighted by molar-refractivity contribution is -0.135. The van der Waals surface area contributed by atoms with Crippen LogP contribution in [0.1, 0.15) is 90.2 Å². The molecule has 3 atom stereocenters. The molecule has 3 fully saturated rings. The number of rotatable bonds is 7. The summed E-state index contributed by atoms with van der Waals surface area (Å²) in [5.74, 6) is 0.549. The molecular weight excluding hydrogens is 619 g/mol. The fourth-order valence-corrected chi connectivity index (χ4v) is 8.14. The number of carbonyl (C=O) groups excluding carboxylic acids is 2. The van der Waals surface area contributed by atoms with Gasteiger partial charge in [-0.2, -0.15) is 0 Å². The van der Waals surface area contributed by atoms with Crippen molar-refractivity contribution in [2.45, 2.75) is 102 Å². The first-order valence-corrected chi connectivity index (χ1v) is 17.7. The summed E-state index contributed by atoms with van der Waals surface area (Å²) in [6.07, 6.45) is 5.99. The molecule has 0 bridgehead atoms. The lowest BCUT2D eigenvalue weighted by Gasteiger charge is -2.32. The van der Waals surface area contributed by atoms with Gasteiger partial charge in [0.05, 0.1) is 42.9 Å². The topological polar surface area (TPSA) is 115 Å². The number of hydrogen-bond donors (Lipinski definition) is 2. The quantitative estimate of drug-likeness (QED) is 0.311. The first kappa shape index (κ1) is 33.8. The summed E-state index contributed by atoms with van der Waals surface area (Å²) in [6.45, 7) is 14.4. The summed E-state index contributed by atoms with van der Waals surface area (Å²) < 4.78 is 23.9. The lowest BCUT2D eigenvalue weighted by Crippen LogP contribution is -2.51. The number of methoxy groups -OCH3 is 1. The van der Waals surface area contributed by atoms with Gasteiger partial charge in [-0.1, -0.05) is 50.2 Å². The predicted molar refractivity (Wildman–Crippen MR) is 188 cm³/mol. The van der Waals surface area contributed by atoms with E-state index in [1.807, 2.05) is 24.9 Å². The molecule has 2 amide bonds. The minimum atomic E-state index is -0.669. The van der Waals surface area contributed by atoms with Crippen molar-refractivity contribution in [3.63, 3.8) is 0 Å². The van der Waals surface area contributed by atoms with Crippen LogP contribution in [0.15, 0.2) is 42.6 Å². The van der Waals surface area contributed by atoms with Crippen LogP contribution in [0.4, 0.5) is 4.79 Å². The molecule has 11 heteroatoms. The Labute approximate surface area is 289 Å². The number of imidazole rings is 1. The van der Waals surface area contributed by atoms with Crippen molar-refractivity contribution in [3.8, 4) is 22.4 Å². The van der Waals surface area contributed by atoms with E-state index in [2.05, 4.69) is 74.4 Å². The molecule has 10 nitrogen and oxygen atoms in total. The van der Waals surface area contributed by atoms with Gasteiger partial charge in [-0.05, 0) is 99.0 Å². The fourth-order valence-electron chi connectivity index (χ4n) is 8.14. The first-order chi connectivity index (χ1) is 23.3. The van der Waals surface area contributed by atoms with E-state index in [1.54, 1.807) is 0 Å². The maximum atomic E-state index is 13.6. The minimum absolute atomic E-state index is 0.00675. The number of nitrogens with one attached hydrogen (secondary N) is 2. The predicted octanol–water partition coefficient (Wildman–Crippen LogP) is 5.69. The first-order valence-electron chi connectivity index (χ1n) is 17.7. The van der Waals surface area contributed by atoms with E-state index in [-0.39, 0.29) is 23.3 Å². The zero-order valence-electron chi connectivity index (χ0n) is 29.9. The summed E-state index contributed by atoms with van der Waals surface area (Å²) in [4.78, 5) is 35.6. The molecule has 4 aliphatic rings. The Balaban J connectivity index is 1.15. The Kier molecular flexibility index (Phi) is 8.69. The van der Waals surface area contributed by atoms with E-state index < -0.39 is 30.5 Å². The highest BCUT2D eigenvalue weighted by molar-refractivity contribution is 6.62. The molecule has 1 aliphatic carbocycles. The van der Waals surface area contributed by atoms with E-state index in [1.165, 1.54) is 29.4 Å². The van der Waals surface area contributed by atoms with Gasteiger partial charge in [0, 0.05) is 18.6 Å². The molecule has 49 heavy (non-hydrogen) atoms. The third kappa shape index (κ3) is 5.87. The second-order valence-corrected chi connectivity index (χ2v) is 15.5. The van der Waals surface area contributed by atoms with Gasteiger partial charge in [-0.25, -0.2) is 9.78 Å². The zero-order chi connectivity index (χ0) is 34.7. The highest BCUT2D eigenvalue weighted by atomic mass is 16.7. The number of carbonyl (C=O) groups is 2. The summed E-state index contributed by atoms with van der Waals surface area (Å²) >= 11 is 0. The molecule has 2 N–H and O–H groups in total. The van der Waals surface area contributed by atoms with Crippen molar-refractivity contribution in [2.24, 2.45) is 5.92 Å². The molecule has 7 rings (SSSR count). The number of nitrogens with zero attached hydrogens (tertiary/aromatic N) is 2. The number of H-pyrrole nitrogens is 1. The Morgan fingerprint density at radius 1 is 1.04 bits per heavy atom. The van der Waals surface area contributed by atoms with Crippen LogP contribution in [0.3, 0.4) is 0 Å². The highest BCUT2D eigenvalue weighted by Crippen LogP contribution is 2.49. The molecule has 1 spiro atoms. The lowest BCUT2D eigenvalue weighted by atomic mass is 9.71. The van der Waals surface area contributed by atoms with Gasteiger partial charge in [0.25, 0.3) is 0 Å². The minimum Gasteiger partial charge on any atom is -0.453 e. The third-order valence-electron chi connectivity index (χ3n) is 11.7. The molecule has 1 unspecified atom stereocenters. The van der Waals surface area contributed by atoms with Crippen molar-refractivity contribution in [3.05, 3.63) is 59.5 Å². The second-order valence-electron chi connectivity index (χ2n) is 15.5. The Bertz CT molecular complexity index is 1710. The van der Waals surface area contributed by atoms with Crippen LogP contribution in [-0.4, -0.2) is 78.1 Å². The average molecular weight is 669 g/mol. The van der Waals surface area contributed by atoms with Crippen LogP contribution in [-0.2, 0) is 35.4 Å². The molecule has 3 aliphatic heterocycles. The van der Waals surface area contributed by atoms with Crippen LogP contribution in [0.5, 0.6) is 0 Å². The number of hydrogen-bond acceptors (Lipinski definition) is 7. The van der Waals surface area contributed by atoms with Crippen molar-refractivity contribution >= 4 is 24.6 Å². The second kappa shape index (κ2) is 12.6.